The highest BCUT2D eigenvalue weighted by Crippen LogP contribution is 2.42. The second kappa shape index (κ2) is 15.3. The maximum atomic E-state index is 7.07. The predicted molar refractivity (Wildman–Crippen MR) is 190 cm³/mol. The summed E-state index contributed by atoms with van der Waals surface area (Å²) in [6.07, 6.45) is 7.64. The molecule has 0 unspecified atom stereocenters. The van der Waals surface area contributed by atoms with Crippen LogP contribution in [0.15, 0.2) is 72.8 Å². The number of rotatable bonds is 13. The lowest BCUT2D eigenvalue weighted by atomic mass is 9.98. The molecule has 4 aromatic rings. The van der Waals surface area contributed by atoms with Gasteiger partial charge in [0.15, 0.2) is 0 Å². The number of nitrogens with one attached hydrogen (secondary N) is 4. The number of hydrazine groups is 1. The Morgan fingerprint density at radius 2 is 1.42 bits per heavy atom. The maximum absolute atomic E-state index is 7.07. The number of ether oxygens (including phenoxy) is 2. The summed E-state index contributed by atoms with van der Waals surface area (Å²) in [5.74, 6) is 0.872. The molecule has 0 amide bonds. The fourth-order valence-corrected chi connectivity index (χ4v) is 6.49. The number of aromatic nitrogens is 4. The summed E-state index contributed by atoms with van der Waals surface area (Å²) >= 11 is 14.1. The molecule has 250 valence electrons. The van der Waals surface area contributed by atoms with Crippen molar-refractivity contribution in [2.24, 2.45) is 0 Å². The molecule has 2 aromatic heterocycles. The van der Waals surface area contributed by atoms with Gasteiger partial charge in [0, 0.05) is 79.5 Å². The fourth-order valence-electron chi connectivity index (χ4n) is 5.84. The molecule has 4 N–H and O–H groups in total. The summed E-state index contributed by atoms with van der Waals surface area (Å²) in [4.78, 5) is 18.9. The van der Waals surface area contributed by atoms with Crippen LogP contribution in [-0.2, 0) is 13.1 Å². The van der Waals surface area contributed by atoms with E-state index < -0.39 is 0 Å². The Morgan fingerprint density at radius 3 is 1.92 bits per heavy atom. The van der Waals surface area contributed by atoms with Crippen LogP contribution in [0.5, 0.6) is 11.8 Å². The third-order valence-corrected chi connectivity index (χ3v) is 9.25. The Morgan fingerprint density at radius 1 is 0.854 bits per heavy atom. The number of nitrogens with zero attached hydrogens (tertiary/aromatic N) is 5. The average Bonchev–Trinajstić information content (AvgIpc) is 3.72. The van der Waals surface area contributed by atoms with Crippen molar-refractivity contribution in [1.82, 2.24) is 46.3 Å². The zero-order valence-electron chi connectivity index (χ0n) is 27.2. The molecule has 6 rings (SSSR count). The molecular weight excluding hydrogens is 649 g/mol. The minimum absolute atomic E-state index is 0.364. The zero-order chi connectivity index (χ0) is 33.6. The van der Waals surface area contributed by atoms with Crippen molar-refractivity contribution in [1.29, 1.82) is 0 Å². The topological polar surface area (TPSA) is 121 Å². The van der Waals surface area contributed by atoms with E-state index in [1.807, 2.05) is 48.5 Å². The van der Waals surface area contributed by atoms with Crippen molar-refractivity contribution in [2.75, 3.05) is 40.9 Å². The molecule has 1 atom stereocenters. The minimum atomic E-state index is 0.364. The number of halogens is 2. The van der Waals surface area contributed by atoms with Gasteiger partial charge in [0.2, 0.25) is 11.8 Å². The Hall–Kier alpha value is -4.26. The number of allylic oxidation sites excluding steroid dienone is 1. The van der Waals surface area contributed by atoms with Gasteiger partial charge in [0.05, 0.1) is 48.0 Å². The van der Waals surface area contributed by atoms with Crippen LogP contribution in [0.2, 0.25) is 10.0 Å². The normalized spacial score (nSPS) is 15.9. The molecule has 1 saturated heterocycles. The van der Waals surface area contributed by atoms with Crippen molar-refractivity contribution in [3.8, 4) is 45.4 Å². The van der Waals surface area contributed by atoms with Gasteiger partial charge in [-0.2, -0.15) is 0 Å². The SMILES string of the molecule is C=C1CC[C@@H](CNCc2ncc(-c3cccc(-c4cccc(-c5cnc(CNCC6=CCNN6C)c(OC)n5)c4Cl)c3Cl)nc2OC)N1. The van der Waals surface area contributed by atoms with Gasteiger partial charge in [-0.05, 0) is 18.9 Å². The molecule has 48 heavy (non-hydrogen) atoms. The highest BCUT2D eigenvalue weighted by molar-refractivity contribution is 6.39. The number of hydrogen-bond donors (Lipinski definition) is 4. The summed E-state index contributed by atoms with van der Waals surface area (Å²) < 4.78 is 11.2. The standard InChI is InChI=1S/C35H39Cl2N9O2/c1-21-11-12-22(43-21)15-38-17-30-34(47-3)44-28(19-40-30)26-9-5-7-24(32(26)36)25-8-6-10-27(33(25)37)29-20-41-31(35(45-29)48-4)18-39-16-23-13-14-42-46(23)2/h5-10,13,19-20,22,38-39,42-43H,1,11-12,14-18H2,2-4H3/t22-/m0/s1. The number of hydrogen-bond acceptors (Lipinski definition) is 11. The first-order valence-corrected chi connectivity index (χ1v) is 16.5. The highest BCUT2D eigenvalue weighted by atomic mass is 35.5. The second-order valence-corrected chi connectivity index (χ2v) is 12.3. The number of likely N-dealkylation sites (N-methyl/N-ethyl adjacent to an activating group) is 1. The first-order valence-electron chi connectivity index (χ1n) is 15.8. The Bertz CT molecular complexity index is 1830. The van der Waals surface area contributed by atoms with Crippen LogP contribution >= 0.6 is 23.2 Å². The molecule has 2 aliphatic rings. The van der Waals surface area contributed by atoms with Crippen molar-refractivity contribution in [3.63, 3.8) is 0 Å². The molecule has 0 spiro atoms. The third-order valence-electron chi connectivity index (χ3n) is 8.43. The minimum Gasteiger partial charge on any atom is -0.480 e. The second-order valence-electron chi connectivity index (χ2n) is 11.6. The zero-order valence-corrected chi connectivity index (χ0v) is 28.8. The molecule has 2 aromatic carbocycles. The van der Waals surface area contributed by atoms with Crippen LogP contribution in [0.4, 0.5) is 0 Å². The summed E-state index contributed by atoms with van der Waals surface area (Å²) in [5, 5.41) is 13.2. The fraction of sp³-hybridized carbons (Fsp3) is 0.314. The lowest BCUT2D eigenvalue weighted by Gasteiger charge is -2.17. The van der Waals surface area contributed by atoms with E-state index >= 15 is 0 Å². The highest BCUT2D eigenvalue weighted by Gasteiger charge is 2.20. The molecular formula is C35H39Cl2N9O2. The van der Waals surface area contributed by atoms with Crippen LogP contribution < -0.4 is 30.8 Å². The van der Waals surface area contributed by atoms with Crippen LogP contribution in [-0.4, -0.2) is 71.9 Å². The molecule has 0 radical (unpaired) electrons. The quantitative estimate of drug-likeness (QED) is 0.145. The van der Waals surface area contributed by atoms with Crippen molar-refractivity contribution in [2.45, 2.75) is 32.0 Å². The van der Waals surface area contributed by atoms with E-state index in [1.165, 1.54) is 5.70 Å². The van der Waals surface area contributed by atoms with Gasteiger partial charge in [-0.15, -0.1) is 0 Å². The van der Waals surface area contributed by atoms with E-state index in [9.17, 15) is 0 Å². The van der Waals surface area contributed by atoms with Crippen molar-refractivity contribution in [3.05, 3.63) is 94.3 Å². The molecule has 0 aliphatic carbocycles. The summed E-state index contributed by atoms with van der Waals surface area (Å²) in [6, 6.07) is 11.9. The van der Waals surface area contributed by atoms with Gasteiger partial charge in [-0.1, -0.05) is 66.2 Å². The van der Waals surface area contributed by atoms with Crippen LogP contribution in [0.3, 0.4) is 0 Å². The smallest absolute Gasteiger partial charge is 0.237 e. The van der Waals surface area contributed by atoms with Crippen LogP contribution in [0.1, 0.15) is 24.2 Å². The molecule has 4 heterocycles. The first-order chi connectivity index (χ1) is 23.4. The molecule has 0 bridgehead atoms. The van der Waals surface area contributed by atoms with E-state index in [4.69, 9.17) is 42.6 Å². The Balaban J connectivity index is 1.21. The van der Waals surface area contributed by atoms with Gasteiger partial charge in [-0.3, -0.25) is 9.97 Å². The van der Waals surface area contributed by atoms with Gasteiger partial charge in [0.25, 0.3) is 0 Å². The summed E-state index contributed by atoms with van der Waals surface area (Å²) in [5.41, 5.74) is 11.0. The van der Waals surface area contributed by atoms with E-state index in [-0.39, 0.29) is 0 Å². The predicted octanol–water partition coefficient (Wildman–Crippen LogP) is 5.37. The molecule has 11 nitrogen and oxygen atoms in total. The summed E-state index contributed by atoms with van der Waals surface area (Å²) in [7, 11) is 5.17. The van der Waals surface area contributed by atoms with Crippen LogP contribution in [0, 0.1) is 0 Å². The molecule has 1 fully saturated rings. The summed E-state index contributed by atoms with van der Waals surface area (Å²) in [6.45, 7) is 7.34. The Kier molecular flexibility index (Phi) is 10.7. The van der Waals surface area contributed by atoms with E-state index in [2.05, 4.69) is 44.0 Å². The monoisotopic (exact) mass is 687 g/mol. The first kappa shape index (κ1) is 33.6. The lowest BCUT2D eigenvalue weighted by Crippen LogP contribution is -2.33. The van der Waals surface area contributed by atoms with Gasteiger partial charge in [0.1, 0.15) is 11.4 Å². The lowest BCUT2D eigenvalue weighted by molar-refractivity contribution is 0.334. The van der Waals surface area contributed by atoms with Crippen molar-refractivity contribution >= 4 is 23.2 Å². The maximum Gasteiger partial charge on any atom is 0.237 e. The van der Waals surface area contributed by atoms with Crippen LogP contribution in [0.25, 0.3) is 33.6 Å². The number of methoxy groups -OCH3 is 2. The van der Waals surface area contributed by atoms with Gasteiger partial charge < -0.3 is 30.4 Å². The van der Waals surface area contributed by atoms with E-state index in [0.717, 1.165) is 48.4 Å². The van der Waals surface area contributed by atoms with Gasteiger partial charge in [-0.25, -0.2) is 15.4 Å². The largest absolute Gasteiger partial charge is 0.480 e. The molecule has 2 aliphatic heterocycles. The average molecular weight is 689 g/mol. The molecule has 13 heteroatoms. The molecule has 0 saturated carbocycles. The van der Waals surface area contributed by atoms with Crippen molar-refractivity contribution < 1.29 is 9.47 Å². The third kappa shape index (κ3) is 7.40. The van der Waals surface area contributed by atoms with E-state index in [0.29, 0.717) is 75.7 Å². The Labute approximate surface area is 290 Å². The van der Waals surface area contributed by atoms with E-state index in [1.54, 1.807) is 26.6 Å². The number of benzene rings is 2. The van der Waals surface area contributed by atoms with Gasteiger partial charge >= 0.3 is 0 Å².